The van der Waals surface area contributed by atoms with Crippen molar-refractivity contribution in [3.05, 3.63) is 42.5 Å². The summed E-state index contributed by atoms with van der Waals surface area (Å²) < 4.78 is 0. The number of hydrogen-bond acceptors (Lipinski definition) is 3. The fourth-order valence-corrected chi connectivity index (χ4v) is 1.41. The van der Waals surface area contributed by atoms with Crippen LogP contribution in [0, 0.1) is 6.92 Å². The Balaban J connectivity index is 2.61. The summed E-state index contributed by atoms with van der Waals surface area (Å²) in [6, 6.07) is 3.75. The van der Waals surface area contributed by atoms with Gasteiger partial charge in [0.15, 0.2) is 0 Å². The molecule has 70 valence electrons. The van der Waals surface area contributed by atoms with Crippen LogP contribution in [0.5, 0.6) is 0 Å². The highest BCUT2D eigenvalue weighted by molar-refractivity contribution is 5.76. The molecule has 0 saturated heterocycles. The molecule has 0 saturated carbocycles. The van der Waals surface area contributed by atoms with Gasteiger partial charge in [-0.15, -0.1) is 0 Å². The Kier molecular flexibility index (Phi) is 2.14. The predicted molar refractivity (Wildman–Crippen MR) is 56.6 cm³/mol. The summed E-state index contributed by atoms with van der Waals surface area (Å²) in [6.07, 6.45) is 7.05. The maximum atomic E-state index is 5.86. The van der Waals surface area contributed by atoms with E-state index in [1.807, 2.05) is 19.2 Å². The van der Waals surface area contributed by atoms with Gasteiger partial charge in [-0.25, -0.2) is 0 Å². The van der Waals surface area contributed by atoms with Crippen molar-refractivity contribution in [2.75, 3.05) is 5.73 Å². The molecule has 2 aromatic heterocycles. The van der Waals surface area contributed by atoms with Crippen LogP contribution >= 0.6 is 0 Å². The summed E-state index contributed by atoms with van der Waals surface area (Å²) in [5, 5.41) is 0. The van der Waals surface area contributed by atoms with Gasteiger partial charge in [0.05, 0.1) is 0 Å². The minimum atomic E-state index is 0.745. The van der Waals surface area contributed by atoms with Crippen LogP contribution in [-0.4, -0.2) is 9.97 Å². The lowest BCUT2D eigenvalue weighted by Gasteiger charge is -2.06. The molecule has 2 heterocycles. The zero-order valence-corrected chi connectivity index (χ0v) is 7.94. The van der Waals surface area contributed by atoms with E-state index in [1.54, 1.807) is 24.7 Å². The monoisotopic (exact) mass is 185 g/mol. The Labute approximate surface area is 82.6 Å². The Hall–Kier alpha value is -1.90. The van der Waals surface area contributed by atoms with E-state index in [-0.39, 0.29) is 0 Å². The third-order valence-corrected chi connectivity index (χ3v) is 2.17. The van der Waals surface area contributed by atoms with Crippen LogP contribution in [0.15, 0.2) is 36.9 Å². The number of nitrogens with two attached hydrogens (primary N) is 1. The number of aromatic nitrogens is 2. The third kappa shape index (κ3) is 1.44. The molecular weight excluding hydrogens is 174 g/mol. The van der Waals surface area contributed by atoms with Crippen molar-refractivity contribution in [2.45, 2.75) is 6.92 Å². The average Bonchev–Trinajstić information content (AvgIpc) is 2.20. The first-order valence-corrected chi connectivity index (χ1v) is 4.39. The zero-order chi connectivity index (χ0) is 9.97. The highest BCUT2D eigenvalue weighted by atomic mass is 14.7. The zero-order valence-electron chi connectivity index (χ0n) is 7.94. The summed E-state index contributed by atoms with van der Waals surface area (Å²) in [5.41, 5.74) is 9.76. The quantitative estimate of drug-likeness (QED) is 0.739. The lowest BCUT2D eigenvalue weighted by molar-refractivity contribution is 1.26. The molecular formula is C11H11N3. The van der Waals surface area contributed by atoms with Crippen molar-refractivity contribution in [1.82, 2.24) is 9.97 Å². The van der Waals surface area contributed by atoms with Crippen LogP contribution in [0.1, 0.15) is 5.56 Å². The van der Waals surface area contributed by atoms with Crippen molar-refractivity contribution in [3.8, 4) is 11.1 Å². The predicted octanol–water partition coefficient (Wildman–Crippen LogP) is 2.03. The van der Waals surface area contributed by atoms with Crippen LogP contribution in [0.4, 0.5) is 5.69 Å². The number of pyridine rings is 2. The van der Waals surface area contributed by atoms with E-state index < -0.39 is 0 Å². The molecule has 0 spiro atoms. The largest absolute Gasteiger partial charge is 0.398 e. The van der Waals surface area contributed by atoms with Gasteiger partial charge in [-0.1, -0.05) is 0 Å². The van der Waals surface area contributed by atoms with E-state index in [9.17, 15) is 0 Å². The van der Waals surface area contributed by atoms with Crippen LogP contribution in [0.3, 0.4) is 0 Å². The topological polar surface area (TPSA) is 51.8 Å². The maximum absolute atomic E-state index is 5.86. The molecule has 0 aromatic carbocycles. The van der Waals surface area contributed by atoms with Crippen LogP contribution in [0.2, 0.25) is 0 Å². The minimum Gasteiger partial charge on any atom is -0.398 e. The Morgan fingerprint density at radius 3 is 2.43 bits per heavy atom. The normalized spacial score (nSPS) is 10.1. The lowest BCUT2D eigenvalue weighted by Crippen LogP contribution is -1.92. The first-order valence-electron chi connectivity index (χ1n) is 4.39. The fourth-order valence-electron chi connectivity index (χ4n) is 1.41. The standard InChI is InChI=1S/C11H11N3/c1-8-6-13-4-2-9(8)10-7-14-5-3-11(10)12/h2-7H,1H3,(H2,12,14). The van der Waals surface area contributed by atoms with Crippen LogP contribution in [0.25, 0.3) is 11.1 Å². The van der Waals surface area contributed by atoms with Gasteiger partial charge in [0.1, 0.15) is 0 Å². The van der Waals surface area contributed by atoms with Gasteiger partial charge in [0, 0.05) is 36.0 Å². The lowest BCUT2D eigenvalue weighted by atomic mass is 10.0. The minimum absolute atomic E-state index is 0.745. The summed E-state index contributed by atoms with van der Waals surface area (Å²) in [5.74, 6) is 0. The molecule has 0 radical (unpaired) electrons. The maximum Gasteiger partial charge on any atom is 0.0424 e. The van der Waals surface area contributed by atoms with Crippen molar-refractivity contribution >= 4 is 5.69 Å². The third-order valence-electron chi connectivity index (χ3n) is 2.17. The van der Waals surface area contributed by atoms with Crippen molar-refractivity contribution < 1.29 is 0 Å². The molecule has 0 unspecified atom stereocenters. The SMILES string of the molecule is Cc1cnccc1-c1cnccc1N. The van der Waals surface area contributed by atoms with E-state index in [0.717, 1.165) is 22.4 Å². The number of nitrogen functional groups attached to an aromatic ring is 1. The molecule has 2 aromatic rings. The van der Waals surface area contributed by atoms with E-state index >= 15 is 0 Å². The van der Waals surface area contributed by atoms with Gasteiger partial charge in [-0.05, 0) is 30.2 Å². The molecule has 14 heavy (non-hydrogen) atoms. The Morgan fingerprint density at radius 2 is 1.71 bits per heavy atom. The first kappa shape index (κ1) is 8.69. The molecule has 3 nitrogen and oxygen atoms in total. The van der Waals surface area contributed by atoms with Gasteiger partial charge in [0.25, 0.3) is 0 Å². The number of anilines is 1. The smallest absolute Gasteiger partial charge is 0.0424 e. The van der Waals surface area contributed by atoms with E-state index in [1.165, 1.54) is 0 Å². The first-order chi connectivity index (χ1) is 6.79. The van der Waals surface area contributed by atoms with Crippen molar-refractivity contribution in [3.63, 3.8) is 0 Å². The molecule has 0 bridgehead atoms. The second-order valence-electron chi connectivity index (χ2n) is 3.15. The number of nitrogens with zero attached hydrogens (tertiary/aromatic N) is 2. The summed E-state index contributed by atoms with van der Waals surface area (Å²) >= 11 is 0. The second-order valence-corrected chi connectivity index (χ2v) is 3.15. The van der Waals surface area contributed by atoms with Crippen molar-refractivity contribution in [1.29, 1.82) is 0 Å². The Bertz CT molecular complexity index is 408. The molecule has 0 aliphatic rings. The molecule has 2 N–H and O–H groups in total. The van der Waals surface area contributed by atoms with Gasteiger partial charge in [-0.3, -0.25) is 9.97 Å². The van der Waals surface area contributed by atoms with Crippen LogP contribution in [-0.2, 0) is 0 Å². The van der Waals surface area contributed by atoms with E-state index in [4.69, 9.17) is 5.73 Å². The molecule has 0 atom stereocenters. The highest BCUT2D eigenvalue weighted by Crippen LogP contribution is 2.26. The number of aryl methyl sites for hydroxylation is 1. The summed E-state index contributed by atoms with van der Waals surface area (Å²) in [4.78, 5) is 8.10. The average molecular weight is 185 g/mol. The van der Waals surface area contributed by atoms with Gasteiger partial charge >= 0.3 is 0 Å². The number of rotatable bonds is 1. The van der Waals surface area contributed by atoms with Crippen molar-refractivity contribution in [2.24, 2.45) is 0 Å². The summed E-state index contributed by atoms with van der Waals surface area (Å²) in [7, 11) is 0. The van der Waals surface area contributed by atoms with Gasteiger partial charge < -0.3 is 5.73 Å². The number of hydrogen-bond donors (Lipinski definition) is 1. The molecule has 3 heteroatoms. The van der Waals surface area contributed by atoms with Gasteiger partial charge in [-0.2, -0.15) is 0 Å². The summed E-state index contributed by atoms with van der Waals surface area (Å²) in [6.45, 7) is 2.01. The molecule has 0 aliphatic carbocycles. The van der Waals surface area contributed by atoms with Gasteiger partial charge in [0.2, 0.25) is 0 Å². The molecule has 0 amide bonds. The molecule has 0 aliphatic heterocycles. The van der Waals surface area contributed by atoms with E-state index in [2.05, 4.69) is 9.97 Å². The second kappa shape index (κ2) is 3.46. The highest BCUT2D eigenvalue weighted by Gasteiger charge is 2.04. The van der Waals surface area contributed by atoms with Crippen LogP contribution < -0.4 is 5.73 Å². The molecule has 0 fully saturated rings. The fraction of sp³-hybridized carbons (Fsp3) is 0.0909. The molecule has 2 rings (SSSR count). The van der Waals surface area contributed by atoms with E-state index in [0.29, 0.717) is 0 Å². The Morgan fingerprint density at radius 1 is 1.00 bits per heavy atom.